The van der Waals surface area contributed by atoms with E-state index in [2.05, 4.69) is 25.3 Å². The summed E-state index contributed by atoms with van der Waals surface area (Å²) in [5.74, 6) is 0.720. The van der Waals surface area contributed by atoms with E-state index >= 15 is 0 Å². The van der Waals surface area contributed by atoms with E-state index in [-0.39, 0.29) is 17.6 Å². The zero-order valence-electron chi connectivity index (χ0n) is 13.2. The fraction of sp³-hybridized carbons (Fsp3) is 0.118. The van der Waals surface area contributed by atoms with Crippen LogP contribution in [0.15, 0.2) is 48.9 Å². The third-order valence-electron chi connectivity index (χ3n) is 3.08. The van der Waals surface area contributed by atoms with Crippen molar-refractivity contribution in [3.05, 3.63) is 66.0 Å². The normalized spacial score (nSPS) is 10.2. The highest BCUT2D eigenvalue weighted by molar-refractivity contribution is 6.02. The summed E-state index contributed by atoms with van der Waals surface area (Å²) in [6.07, 6.45) is 4.49. The second-order valence-corrected chi connectivity index (χ2v) is 5.10. The summed E-state index contributed by atoms with van der Waals surface area (Å²) in [6.45, 7) is 3.71. The molecule has 0 aliphatic heterocycles. The average Bonchev–Trinajstić information content (AvgIpc) is 2.57. The molecule has 0 aliphatic carbocycles. The van der Waals surface area contributed by atoms with Gasteiger partial charge in [0.2, 0.25) is 5.88 Å². The highest BCUT2D eigenvalue weighted by Crippen LogP contribution is 2.19. The monoisotopic (exact) mass is 321 g/mol. The lowest BCUT2D eigenvalue weighted by Gasteiger charge is -2.07. The molecule has 0 fully saturated rings. The van der Waals surface area contributed by atoms with Crippen LogP contribution in [0.2, 0.25) is 0 Å². The molecule has 0 atom stereocenters. The molecule has 1 N–H and O–H groups in total. The first kappa shape index (κ1) is 15.5. The third kappa shape index (κ3) is 3.89. The molecule has 0 aromatic carbocycles. The van der Waals surface area contributed by atoms with Gasteiger partial charge in [-0.05, 0) is 38.1 Å². The number of aryl methyl sites for hydroxylation is 2. The molecule has 3 heterocycles. The first-order valence-electron chi connectivity index (χ1n) is 7.28. The third-order valence-corrected chi connectivity index (χ3v) is 3.08. The van der Waals surface area contributed by atoms with E-state index in [1.807, 2.05) is 26.0 Å². The highest BCUT2D eigenvalue weighted by atomic mass is 16.5. The van der Waals surface area contributed by atoms with Crippen LogP contribution >= 0.6 is 0 Å². The summed E-state index contributed by atoms with van der Waals surface area (Å²) in [7, 11) is 0. The van der Waals surface area contributed by atoms with Gasteiger partial charge >= 0.3 is 0 Å². The van der Waals surface area contributed by atoms with E-state index in [0.717, 1.165) is 11.4 Å². The number of carbonyl (C=O) groups excluding carboxylic acids is 1. The van der Waals surface area contributed by atoms with Crippen LogP contribution in [0.1, 0.15) is 21.9 Å². The van der Waals surface area contributed by atoms with Gasteiger partial charge in [0.25, 0.3) is 5.91 Å². The van der Waals surface area contributed by atoms with Crippen LogP contribution in [0.5, 0.6) is 11.6 Å². The summed E-state index contributed by atoms with van der Waals surface area (Å²) < 4.78 is 5.58. The van der Waals surface area contributed by atoms with Gasteiger partial charge in [0.15, 0.2) is 5.82 Å². The molecule has 3 rings (SSSR count). The second-order valence-electron chi connectivity index (χ2n) is 5.10. The fourth-order valence-corrected chi connectivity index (χ4v) is 1.94. The van der Waals surface area contributed by atoms with Crippen molar-refractivity contribution in [2.24, 2.45) is 0 Å². The number of pyridine rings is 2. The number of rotatable bonds is 4. The predicted molar refractivity (Wildman–Crippen MR) is 88.0 cm³/mol. The lowest BCUT2D eigenvalue weighted by molar-refractivity contribution is 0.102. The SMILES string of the molecule is Cc1ccc(Oc2cncc(NC(=O)c3cccc(C)n3)n2)cn1. The van der Waals surface area contributed by atoms with Gasteiger partial charge in [-0.1, -0.05) is 6.07 Å². The summed E-state index contributed by atoms with van der Waals surface area (Å²) in [5, 5.41) is 2.65. The molecule has 24 heavy (non-hydrogen) atoms. The molecule has 0 saturated heterocycles. The van der Waals surface area contributed by atoms with Gasteiger partial charge in [-0.15, -0.1) is 0 Å². The average molecular weight is 321 g/mol. The minimum Gasteiger partial charge on any atom is -0.436 e. The minimum absolute atomic E-state index is 0.260. The van der Waals surface area contributed by atoms with Gasteiger partial charge in [0, 0.05) is 11.4 Å². The summed E-state index contributed by atoms with van der Waals surface area (Å²) in [6, 6.07) is 8.84. The lowest BCUT2D eigenvalue weighted by Crippen LogP contribution is -2.15. The van der Waals surface area contributed by atoms with E-state index in [9.17, 15) is 4.79 Å². The van der Waals surface area contributed by atoms with Crippen molar-refractivity contribution >= 4 is 11.7 Å². The number of ether oxygens (including phenoxy) is 1. The van der Waals surface area contributed by atoms with Crippen LogP contribution in [0.4, 0.5) is 5.82 Å². The Kier molecular flexibility index (Phi) is 4.42. The van der Waals surface area contributed by atoms with Crippen LogP contribution < -0.4 is 10.1 Å². The molecule has 1 amide bonds. The number of aromatic nitrogens is 4. The number of anilines is 1. The Balaban J connectivity index is 1.73. The molecule has 3 aromatic heterocycles. The summed E-state index contributed by atoms with van der Waals surface area (Å²) >= 11 is 0. The number of hydrogen-bond acceptors (Lipinski definition) is 6. The molecule has 0 bridgehead atoms. The Bertz CT molecular complexity index is 865. The zero-order valence-corrected chi connectivity index (χ0v) is 13.2. The predicted octanol–water partition coefficient (Wildman–Crippen LogP) is 2.93. The van der Waals surface area contributed by atoms with Gasteiger partial charge in [0.1, 0.15) is 11.4 Å². The van der Waals surface area contributed by atoms with Crippen molar-refractivity contribution in [3.8, 4) is 11.6 Å². The number of amides is 1. The van der Waals surface area contributed by atoms with Crippen molar-refractivity contribution in [1.82, 2.24) is 19.9 Å². The van der Waals surface area contributed by atoms with E-state index in [1.165, 1.54) is 12.4 Å². The largest absolute Gasteiger partial charge is 0.436 e. The molecule has 0 saturated carbocycles. The van der Waals surface area contributed by atoms with Crippen molar-refractivity contribution < 1.29 is 9.53 Å². The summed E-state index contributed by atoms with van der Waals surface area (Å²) in [5.41, 5.74) is 1.96. The maximum Gasteiger partial charge on any atom is 0.275 e. The van der Waals surface area contributed by atoms with Gasteiger partial charge in [-0.3, -0.25) is 14.8 Å². The van der Waals surface area contributed by atoms with Gasteiger partial charge < -0.3 is 10.1 Å². The maximum absolute atomic E-state index is 12.2. The number of nitrogens with one attached hydrogen (secondary N) is 1. The fourth-order valence-electron chi connectivity index (χ4n) is 1.94. The zero-order chi connectivity index (χ0) is 16.9. The van der Waals surface area contributed by atoms with Crippen LogP contribution in [0, 0.1) is 13.8 Å². The number of carbonyl (C=O) groups is 1. The Morgan fingerprint density at radius 3 is 2.62 bits per heavy atom. The molecule has 3 aromatic rings. The molecule has 0 spiro atoms. The number of hydrogen-bond donors (Lipinski definition) is 1. The van der Waals surface area contributed by atoms with Crippen molar-refractivity contribution in [3.63, 3.8) is 0 Å². The Morgan fingerprint density at radius 2 is 1.88 bits per heavy atom. The smallest absolute Gasteiger partial charge is 0.275 e. The van der Waals surface area contributed by atoms with E-state index in [0.29, 0.717) is 11.4 Å². The van der Waals surface area contributed by atoms with Gasteiger partial charge in [-0.25, -0.2) is 4.98 Å². The molecular weight excluding hydrogens is 306 g/mol. The Morgan fingerprint density at radius 1 is 1.00 bits per heavy atom. The number of nitrogens with zero attached hydrogens (tertiary/aromatic N) is 4. The molecule has 7 nitrogen and oxygen atoms in total. The molecular formula is C17H15N5O2. The van der Waals surface area contributed by atoms with Crippen molar-refractivity contribution in [2.45, 2.75) is 13.8 Å². The Labute approximate surface area is 138 Å². The van der Waals surface area contributed by atoms with Crippen LogP contribution in [-0.4, -0.2) is 25.8 Å². The molecule has 0 unspecified atom stereocenters. The highest BCUT2D eigenvalue weighted by Gasteiger charge is 2.10. The summed E-state index contributed by atoms with van der Waals surface area (Å²) in [4.78, 5) is 28.7. The van der Waals surface area contributed by atoms with Crippen LogP contribution in [0.3, 0.4) is 0 Å². The van der Waals surface area contributed by atoms with E-state index < -0.39 is 0 Å². The topological polar surface area (TPSA) is 89.9 Å². The van der Waals surface area contributed by atoms with E-state index in [4.69, 9.17) is 4.74 Å². The molecule has 0 aliphatic rings. The standard InChI is InChI=1S/C17H15N5O2/c1-11-6-7-13(8-19-11)24-16-10-18-9-15(21-16)22-17(23)14-5-3-4-12(2)20-14/h3-10H,1-2H3,(H,21,22,23). The lowest BCUT2D eigenvalue weighted by atomic mass is 10.3. The second kappa shape index (κ2) is 6.82. The Hall–Kier alpha value is -3.35. The maximum atomic E-state index is 12.2. The molecule has 7 heteroatoms. The first-order chi connectivity index (χ1) is 11.6. The van der Waals surface area contributed by atoms with Crippen LogP contribution in [-0.2, 0) is 0 Å². The quantitative estimate of drug-likeness (QED) is 0.794. The van der Waals surface area contributed by atoms with E-state index in [1.54, 1.807) is 24.4 Å². The van der Waals surface area contributed by atoms with Crippen LogP contribution in [0.25, 0.3) is 0 Å². The van der Waals surface area contributed by atoms with Crippen molar-refractivity contribution in [1.29, 1.82) is 0 Å². The minimum atomic E-state index is -0.359. The first-order valence-corrected chi connectivity index (χ1v) is 7.28. The molecule has 0 radical (unpaired) electrons. The van der Waals surface area contributed by atoms with Gasteiger partial charge in [-0.2, -0.15) is 4.98 Å². The molecule has 120 valence electrons. The van der Waals surface area contributed by atoms with Gasteiger partial charge in [0.05, 0.1) is 18.6 Å². The van der Waals surface area contributed by atoms with Crippen molar-refractivity contribution in [2.75, 3.05) is 5.32 Å².